The molecule has 0 bridgehead atoms. The summed E-state index contributed by atoms with van der Waals surface area (Å²) in [6, 6.07) is 17.2. The predicted octanol–water partition coefficient (Wildman–Crippen LogP) is 6.26. The van der Waals surface area contributed by atoms with E-state index in [-0.39, 0.29) is 22.3 Å². The van der Waals surface area contributed by atoms with E-state index in [4.69, 9.17) is 27.9 Å². The molecule has 0 spiro atoms. The molecule has 5 rings (SSSR count). The Balaban J connectivity index is 1.61. The molecule has 192 valence electrons. The summed E-state index contributed by atoms with van der Waals surface area (Å²) in [5.74, 6) is -0.499. The molecular weight excluding hydrogens is 527 g/mol. The molecule has 1 unspecified atom stereocenters. The van der Waals surface area contributed by atoms with Gasteiger partial charge in [-0.05, 0) is 59.2 Å². The second-order valence-electron chi connectivity index (χ2n) is 8.70. The second-order valence-corrected chi connectivity index (χ2v) is 9.52. The number of aromatic carboxylic acids is 1. The van der Waals surface area contributed by atoms with Crippen LogP contribution in [0.1, 0.15) is 35.3 Å². The molecule has 1 atom stereocenters. The number of carbonyl (C=O) groups is 1. The van der Waals surface area contributed by atoms with Crippen molar-refractivity contribution in [3.05, 3.63) is 105 Å². The number of fused-ring (bicyclic) bond motifs is 1. The van der Waals surface area contributed by atoms with Crippen LogP contribution in [0, 0.1) is 0 Å². The second kappa shape index (κ2) is 10.3. The molecule has 10 heteroatoms. The van der Waals surface area contributed by atoms with Crippen LogP contribution in [0.25, 0.3) is 27.6 Å². The molecule has 0 aliphatic heterocycles. The lowest BCUT2D eigenvalue weighted by molar-refractivity contribution is 0.0697. The van der Waals surface area contributed by atoms with Crippen LogP contribution >= 0.6 is 23.2 Å². The topological polar surface area (TPSA) is 99.2 Å². The van der Waals surface area contributed by atoms with Gasteiger partial charge < -0.3 is 14.4 Å². The van der Waals surface area contributed by atoms with Crippen molar-refractivity contribution < 1.29 is 14.6 Å². The lowest BCUT2D eigenvalue weighted by Gasteiger charge is -2.22. The normalized spacial score (nSPS) is 12.0. The van der Waals surface area contributed by atoms with Crippen molar-refractivity contribution in [2.24, 2.45) is 0 Å². The minimum Gasteiger partial charge on any atom is -0.495 e. The highest BCUT2D eigenvalue weighted by atomic mass is 35.5. The van der Waals surface area contributed by atoms with Gasteiger partial charge in [-0.25, -0.2) is 9.48 Å². The van der Waals surface area contributed by atoms with Gasteiger partial charge in [0.2, 0.25) is 0 Å². The number of benzene rings is 3. The molecule has 2 aromatic heterocycles. The molecule has 0 saturated heterocycles. The van der Waals surface area contributed by atoms with E-state index in [1.807, 2.05) is 25.1 Å². The van der Waals surface area contributed by atoms with Gasteiger partial charge in [-0.1, -0.05) is 53.5 Å². The number of halogens is 2. The Hall–Kier alpha value is -4.14. The molecule has 2 heterocycles. The molecular formula is C28H22Cl2N4O4. The number of methoxy groups -OCH3 is 1. The van der Waals surface area contributed by atoms with Crippen molar-refractivity contribution in [2.45, 2.75) is 19.4 Å². The first-order valence-corrected chi connectivity index (χ1v) is 12.5. The summed E-state index contributed by atoms with van der Waals surface area (Å²) in [7, 11) is 1.54. The molecule has 0 saturated carbocycles. The van der Waals surface area contributed by atoms with Gasteiger partial charge >= 0.3 is 5.97 Å². The Kier molecular flexibility index (Phi) is 6.93. The van der Waals surface area contributed by atoms with Crippen molar-refractivity contribution in [2.75, 3.05) is 7.11 Å². The van der Waals surface area contributed by atoms with Gasteiger partial charge in [0.15, 0.2) is 5.15 Å². The summed E-state index contributed by atoms with van der Waals surface area (Å²) in [4.78, 5) is 24.9. The molecule has 0 aliphatic rings. The standard InChI is InChI=1S/C28H22Cl2N4O4/c1-3-23(18-6-4-17-11-19(28(36)37)7-5-16(17)10-18)33-14-25(38-2)22(13-27(33)35)21-12-20(29)8-9-24(21)34-15-26(30)31-32-34/h4-15,23H,3H2,1-2H3,(H,36,37). The predicted molar refractivity (Wildman–Crippen MR) is 147 cm³/mol. The van der Waals surface area contributed by atoms with Crippen molar-refractivity contribution in [1.82, 2.24) is 19.6 Å². The zero-order valence-corrected chi connectivity index (χ0v) is 21.9. The Morgan fingerprint density at radius 1 is 1.00 bits per heavy atom. The first-order chi connectivity index (χ1) is 18.3. The van der Waals surface area contributed by atoms with Crippen molar-refractivity contribution in [3.8, 4) is 22.6 Å². The van der Waals surface area contributed by atoms with E-state index in [1.165, 1.54) is 10.7 Å². The van der Waals surface area contributed by atoms with Crippen LogP contribution < -0.4 is 10.3 Å². The van der Waals surface area contributed by atoms with Gasteiger partial charge in [0.25, 0.3) is 5.56 Å². The number of carboxylic acids is 1. The summed E-state index contributed by atoms with van der Waals surface area (Å²) in [5.41, 5.74) is 2.73. The molecule has 1 N–H and O–H groups in total. The number of nitrogens with zero attached hydrogens (tertiary/aromatic N) is 4. The molecule has 38 heavy (non-hydrogen) atoms. The van der Waals surface area contributed by atoms with Gasteiger partial charge in [-0.3, -0.25) is 4.79 Å². The monoisotopic (exact) mass is 548 g/mol. The molecule has 0 radical (unpaired) electrons. The van der Waals surface area contributed by atoms with Crippen LogP contribution in [-0.4, -0.2) is 37.7 Å². The average Bonchev–Trinajstić information content (AvgIpc) is 3.35. The summed E-state index contributed by atoms with van der Waals surface area (Å²) in [5, 5.41) is 19.6. The molecule has 3 aromatic carbocycles. The van der Waals surface area contributed by atoms with Crippen molar-refractivity contribution in [3.63, 3.8) is 0 Å². The smallest absolute Gasteiger partial charge is 0.335 e. The van der Waals surface area contributed by atoms with E-state index >= 15 is 0 Å². The van der Waals surface area contributed by atoms with Gasteiger partial charge in [0, 0.05) is 22.2 Å². The number of hydrogen-bond donors (Lipinski definition) is 1. The minimum absolute atomic E-state index is 0.224. The van der Waals surface area contributed by atoms with E-state index < -0.39 is 5.97 Å². The van der Waals surface area contributed by atoms with Crippen LogP contribution in [0.2, 0.25) is 10.2 Å². The lowest BCUT2D eigenvalue weighted by atomic mass is 9.98. The quantitative estimate of drug-likeness (QED) is 0.257. The zero-order chi connectivity index (χ0) is 27.0. The highest BCUT2D eigenvalue weighted by Gasteiger charge is 2.20. The number of rotatable bonds is 7. The van der Waals surface area contributed by atoms with Crippen LogP contribution in [-0.2, 0) is 0 Å². The molecule has 5 aromatic rings. The van der Waals surface area contributed by atoms with Crippen LogP contribution in [0.15, 0.2) is 77.9 Å². The molecule has 8 nitrogen and oxygen atoms in total. The van der Waals surface area contributed by atoms with Gasteiger partial charge in [-0.15, -0.1) is 5.10 Å². The minimum atomic E-state index is -0.976. The third-order valence-corrected chi connectivity index (χ3v) is 6.85. The largest absolute Gasteiger partial charge is 0.495 e. The van der Waals surface area contributed by atoms with Crippen LogP contribution in [0.4, 0.5) is 0 Å². The number of hydrogen-bond acceptors (Lipinski definition) is 5. The fraction of sp³-hybridized carbons (Fsp3) is 0.143. The van der Waals surface area contributed by atoms with E-state index in [2.05, 4.69) is 10.3 Å². The van der Waals surface area contributed by atoms with E-state index in [1.54, 1.807) is 60.5 Å². The number of pyridine rings is 1. The SMILES string of the molecule is CCC(c1ccc2cc(C(=O)O)ccc2c1)n1cc(OC)c(-c2cc(Cl)ccc2-n2cc(Cl)nn2)cc1=O. The number of ether oxygens (including phenoxy) is 1. The highest BCUT2D eigenvalue weighted by molar-refractivity contribution is 6.31. The fourth-order valence-electron chi connectivity index (χ4n) is 4.63. The summed E-state index contributed by atoms with van der Waals surface area (Å²) in [6.07, 6.45) is 3.90. The van der Waals surface area contributed by atoms with E-state index in [0.29, 0.717) is 34.0 Å². The maximum absolute atomic E-state index is 13.5. The third kappa shape index (κ3) is 4.76. The number of carboxylic acid groups (broad SMARTS) is 1. The first-order valence-electron chi connectivity index (χ1n) is 11.7. The number of aromatic nitrogens is 4. The van der Waals surface area contributed by atoms with Crippen molar-refractivity contribution in [1.29, 1.82) is 0 Å². The van der Waals surface area contributed by atoms with E-state index in [9.17, 15) is 14.7 Å². The van der Waals surface area contributed by atoms with Gasteiger partial charge in [0.05, 0.1) is 36.8 Å². The van der Waals surface area contributed by atoms with Crippen LogP contribution in [0.5, 0.6) is 5.75 Å². The highest BCUT2D eigenvalue weighted by Crippen LogP contribution is 2.36. The Labute approximate surface area is 227 Å². The van der Waals surface area contributed by atoms with E-state index in [0.717, 1.165) is 16.3 Å². The Morgan fingerprint density at radius 3 is 2.45 bits per heavy atom. The Bertz CT molecular complexity index is 1750. The third-order valence-electron chi connectivity index (χ3n) is 6.44. The molecule has 0 fully saturated rings. The van der Waals surface area contributed by atoms with Gasteiger partial charge in [-0.2, -0.15) is 0 Å². The molecule has 0 aliphatic carbocycles. The summed E-state index contributed by atoms with van der Waals surface area (Å²) in [6.45, 7) is 2.00. The first kappa shape index (κ1) is 25.5. The average molecular weight is 549 g/mol. The zero-order valence-electron chi connectivity index (χ0n) is 20.4. The fourth-order valence-corrected chi connectivity index (χ4v) is 4.93. The lowest BCUT2D eigenvalue weighted by Crippen LogP contribution is -2.25. The maximum atomic E-state index is 13.5. The van der Waals surface area contributed by atoms with Crippen molar-refractivity contribution >= 4 is 39.9 Å². The summed E-state index contributed by atoms with van der Waals surface area (Å²) < 4.78 is 8.90. The van der Waals surface area contributed by atoms with Crippen LogP contribution in [0.3, 0.4) is 0 Å². The molecule has 0 amide bonds. The Morgan fingerprint density at radius 2 is 1.76 bits per heavy atom. The summed E-state index contributed by atoms with van der Waals surface area (Å²) >= 11 is 12.3. The maximum Gasteiger partial charge on any atom is 0.335 e. The van der Waals surface area contributed by atoms with Gasteiger partial charge in [0.1, 0.15) is 5.75 Å².